The fourth-order valence-electron chi connectivity index (χ4n) is 4.75. The summed E-state index contributed by atoms with van der Waals surface area (Å²) in [7, 11) is 0. The number of ketones is 1. The Hall–Kier alpha value is -3.98. The lowest BCUT2D eigenvalue weighted by Crippen LogP contribution is -2.07. The summed E-state index contributed by atoms with van der Waals surface area (Å²) in [6.07, 6.45) is 12.2. The van der Waals surface area contributed by atoms with Crippen LogP contribution >= 0.6 is 0 Å². The van der Waals surface area contributed by atoms with Crippen LogP contribution in [0.5, 0.6) is 5.75 Å². The molecule has 0 N–H and O–H groups in total. The molecule has 0 aliphatic heterocycles. The lowest BCUT2D eigenvalue weighted by Gasteiger charge is -2.17. The SMILES string of the molecule is O=C1C=C(Oc2cccc(-c3ccc(CCCCc4ccncc4)cc3)c2)c2ccccc2CCC1. The normalized spacial score (nSPS) is 13.3. The van der Waals surface area contributed by atoms with Crippen molar-refractivity contribution in [2.24, 2.45) is 0 Å². The van der Waals surface area contributed by atoms with Crippen LogP contribution in [0.1, 0.15) is 47.9 Å². The monoisotopic (exact) mass is 473 g/mol. The molecule has 0 atom stereocenters. The summed E-state index contributed by atoms with van der Waals surface area (Å²) in [5.74, 6) is 1.49. The van der Waals surface area contributed by atoms with Crippen molar-refractivity contribution in [2.75, 3.05) is 0 Å². The number of aryl methyl sites for hydroxylation is 3. The third kappa shape index (κ3) is 6.17. The Morgan fingerprint density at radius 2 is 1.47 bits per heavy atom. The molecule has 5 rings (SSSR count). The Labute approximate surface area is 213 Å². The Balaban J connectivity index is 1.25. The quantitative estimate of drug-likeness (QED) is 0.247. The summed E-state index contributed by atoms with van der Waals surface area (Å²) in [6, 6.07) is 29.3. The van der Waals surface area contributed by atoms with E-state index in [4.69, 9.17) is 4.74 Å². The highest BCUT2D eigenvalue weighted by Gasteiger charge is 2.15. The van der Waals surface area contributed by atoms with E-state index in [-0.39, 0.29) is 5.78 Å². The molecule has 3 nitrogen and oxygen atoms in total. The van der Waals surface area contributed by atoms with Crippen LogP contribution in [0.15, 0.2) is 103 Å². The van der Waals surface area contributed by atoms with Crippen LogP contribution in [-0.4, -0.2) is 10.8 Å². The summed E-state index contributed by atoms with van der Waals surface area (Å²) >= 11 is 0. The second-order valence-corrected chi connectivity index (χ2v) is 9.37. The molecule has 0 unspecified atom stereocenters. The molecule has 36 heavy (non-hydrogen) atoms. The van der Waals surface area contributed by atoms with Gasteiger partial charge in [-0.3, -0.25) is 9.78 Å². The third-order valence-corrected chi connectivity index (χ3v) is 6.72. The predicted octanol–water partition coefficient (Wildman–Crippen LogP) is 7.64. The Morgan fingerprint density at radius 1 is 0.722 bits per heavy atom. The predicted molar refractivity (Wildman–Crippen MR) is 146 cm³/mol. The first-order valence-electron chi connectivity index (χ1n) is 12.8. The number of aromatic nitrogens is 1. The van der Waals surface area contributed by atoms with E-state index in [9.17, 15) is 4.79 Å². The molecular formula is C33H31NO2. The fraction of sp³-hybridized carbons (Fsp3) is 0.212. The maximum atomic E-state index is 12.4. The molecule has 1 heterocycles. The first-order chi connectivity index (χ1) is 17.7. The van der Waals surface area contributed by atoms with Crippen molar-refractivity contribution in [3.05, 3.63) is 126 Å². The molecule has 0 radical (unpaired) electrons. The highest BCUT2D eigenvalue weighted by atomic mass is 16.5. The van der Waals surface area contributed by atoms with E-state index in [0.29, 0.717) is 12.2 Å². The molecule has 1 aliphatic carbocycles. The third-order valence-electron chi connectivity index (χ3n) is 6.72. The average molecular weight is 474 g/mol. The molecule has 180 valence electrons. The van der Waals surface area contributed by atoms with Crippen LogP contribution in [0.3, 0.4) is 0 Å². The Morgan fingerprint density at radius 3 is 2.28 bits per heavy atom. The van der Waals surface area contributed by atoms with Crippen LogP contribution in [0.25, 0.3) is 16.9 Å². The van der Waals surface area contributed by atoms with Crippen molar-refractivity contribution < 1.29 is 9.53 Å². The first-order valence-corrected chi connectivity index (χ1v) is 12.8. The summed E-state index contributed by atoms with van der Waals surface area (Å²) < 4.78 is 6.31. The number of hydrogen-bond donors (Lipinski definition) is 0. The van der Waals surface area contributed by atoms with Gasteiger partial charge in [-0.15, -0.1) is 0 Å². The van der Waals surface area contributed by atoms with E-state index in [1.165, 1.54) is 29.5 Å². The van der Waals surface area contributed by atoms with Crippen LogP contribution in [-0.2, 0) is 24.1 Å². The largest absolute Gasteiger partial charge is 0.457 e. The van der Waals surface area contributed by atoms with E-state index < -0.39 is 0 Å². The van der Waals surface area contributed by atoms with Crippen LogP contribution < -0.4 is 4.74 Å². The molecule has 0 spiro atoms. The van der Waals surface area contributed by atoms with Gasteiger partial charge < -0.3 is 4.74 Å². The van der Waals surface area contributed by atoms with Crippen LogP contribution in [0, 0.1) is 0 Å². The highest BCUT2D eigenvalue weighted by molar-refractivity contribution is 5.96. The average Bonchev–Trinajstić information content (AvgIpc) is 2.91. The zero-order chi connectivity index (χ0) is 24.6. The lowest BCUT2D eigenvalue weighted by atomic mass is 9.96. The molecule has 0 saturated heterocycles. The van der Waals surface area contributed by atoms with Crippen molar-refractivity contribution in [3.63, 3.8) is 0 Å². The summed E-state index contributed by atoms with van der Waals surface area (Å²) in [4.78, 5) is 16.5. The minimum atomic E-state index is 0.118. The molecule has 3 aromatic carbocycles. The second kappa shape index (κ2) is 11.6. The minimum Gasteiger partial charge on any atom is -0.457 e. The molecule has 1 aliphatic rings. The fourth-order valence-corrected chi connectivity index (χ4v) is 4.75. The van der Waals surface area contributed by atoms with Crippen molar-refractivity contribution in [2.45, 2.75) is 44.9 Å². The minimum absolute atomic E-state index is 0.118. The molecule has 0 saturated carbocycles. The van der Waals surface area contributed by atoms with Gasteiger partial charge in [-0.05, 0) is 90.6 Å². The molecule has 0 fully saturated rings. The van der Waals surface area contributed by atoms with E-state index in [1.54, 1.807) is 6.08 Å². The van der Waals surface area contributed by atoms with Gasteiger partial charge in [0.15, 0.2) is 5.78 Å². The van der Waals surface area contributed by atoms with E-state index in [1.807, 2.05) is 42.7 Å². The number of allylic oxidation sites excluding steroid dienone is 1. The number of rotatable bonds is 8. The van der Waals surface area contributed by atoms with E-state index in [2.05, 4.69) is 59.6 Å². The molecule has 0 amide bonds. The second-order valence-electron chi connectivity index (χ2n) is 9.37. The van der Waals surface area contributed by atoms with E-state index >= 15 is 0 Å². The van der Waals surface area contributed by atoms with Crippen molar-refractivity contribution >= 4 is 11.5 Å². The van der Waals surface area contributed by atoms with Gasteiger partial charge in [0.2, 0.25) is 0 Å². The number of hydrogen-bond acceptors (Lipinski definition) is 3. The molecular weight excluding hydrogens is 442 g/mol. The van der Waals surface area contributed by atoms with Gasteiger partial charge in [-0.2, -0.15) is 0 Å². The van der Waals surface area contributed by atoms with Crippen LogP contribution in [0.4, 0.5) is 0 Å². The molecule has 4 aromatic rings. The topological polar surface area (TPSA) is 39.2 Å². The van der Waals surface area contributed by atoms with Gasteiger partial charge in [0.05, 0.1) is 0 Å². The van der Waals surface area contributed by atoms with Gasteiger partial charge in [-0.1, -0.05) is 60.7 Å². The van der Waals surface area contributed by atoms with Gasteiger partial charge in [0, 0.05) is 30.5 Å². The zero-order valence-corrected chi connectivity index (χ0v) is 20.5. The standard InChI is InChI=1S/C33H31NO2/c35-30-12-5-10-28-9-3-4-14-32(28)33(24-30)36-31-13-6-11-29(23-31)27-17-15-25(16-18-27)7-1-2-8-26-19-21-34-22-20-26/h3-4,6,9,11,13-24H,1-2,5,7-8,10,12H2. The number of pyridine rings is 1. The number of fused-ring (bicyclic) bond motifs is 1. The van der Waals surface area contributed by atoms with Gasteiger partial charge in [0.25, 0.3) is 0 Å². The maximum Gasteiger partial charge on any atom is 0.159 e. The number of unbranched alkanes of at least 4 members (excludes halogenated alkanes) is 1. The number of benzene rings is 3. The van der Waals surface area contributed by atoms with Gasteiger partial charge in [-0.25, -0.2) is 0 Å². The lowest BCUT2D eigenvalue weighted by molar-refractivity contribution is -0.114. The Kier molecular flexibility index (Phi) is 7.67. The van der Waals surface area contributed by atoms with Crippen molar-refractivity contribution in [3.8, 4) is 16.9 Å². The highest BCUT2D eigenvalue weighted by Crippen LogP contribution is 2.30. The molecule has 1 aromatic heterocycles. The van der Waals surface area contributed by atoms with Gasteiger partial charge in [0.1, 0.15) is 11.5 Å². The maximum absolute atomic E-state index is 12.4. The number of ether oxygens (including phenoxy) is 1. The molecule has 0 bridgehead atoms. The molecule has 3 heteroatoms. The number of nitrogens with zero attached hydrogens (tertiary/aromatic N) is 1. The smallest absolute Gasteiger partial charge is 0.159 e. The van der Waals surface area contributed by atoms with Gasteiger partial charge >= 0.3 is 0 Å². The first kappa shape index (κ1) is 23.7. The number of carbonyl (C=O) groups excluding carboxylic acids is 1. The van der Waals surface area contributed by atoms with Crippen molar-refractivity contribution in [1.29, 1.82) is 0 Å². The number of carbonyl (C=O) groups is 1. The summed E-state index contributed by atoms with van der Waals surface area (Å²) in [5.41, 5.74) is 7.20. The van der Waals surface area contributed by atoms with E-state index in [0.717, 1.165) is 48.1 Å². The summed E-state index contributed by atoms with van der Waals surface area (Å²) in [5, 5.41) is 0. The zero-order valence-electron chi connectivity index (χ0n) is 20.5. The Bertz CT molecular complexity index is 1340. The van der Waals surface area contributed by atoms with Crippen molar-refractivity contribution in [1.82, 2.24) is 4.98 Å². The summed E-state index contributed by atoms with van der Waals surface area (Å²) in [6.45, 7) is 0. The van der Waals surface area contributed by atoms with Crippen LogP contribution in [0.2, 0.25) is 0 Å².